The Hall–Kier alpha value is 0.250. The predicted molar refractivity (Wildman–Crippen MR) is 70.8 cm³/mol. The molecule has 0 bridgehead atoms. The van der Waals surface area contributed by atoms with Crippen LogP contribution >= 0.6 is 12.4 Å². The van der Waals surface area contributed by atoms with Gasteiger partial charge in [-0.25, -0.2) is 0 Å². The molecule has 1 heterocycles. The fourth-order valence-corrected chi connectivity index (χ4v) is 2.48. The van der Waals surface area contributed by atoms with Crippen LogP contribution in [0.4, 0.5) is 0 Å². The first-order chi connectivity index (χ1) is 6.83. The summed E-state index contributed by atoms with van der Waals surface area (Å²) in [6.07, 6.45) is 11.6. The third kappa shape index (κ3) is 7.19. The van der Waals surface area contributed by atoms with Crippen molar-refractivity contribution in [3.8, 4) is 0 Å². The molecule has 0 spiro atoms. The molecule has 0 aromatic carbocycles. The minimum Gasteiger partial charge on any atom is -0.306 e. The van der Waals surface area contributed by atoms with Gasteiger partial charge >= 0.3 is 0 Å². The second-order valence-electron chi connectivity index (χ2n) is 4.97. The monoisotopic (exact) mass is 233 g/mol. The van der Waals surface area contributed by atoms with E-state index in [1.807, 2.05) is 0 Å². The molecular weight excluding hydrogens is 206 g/mol. The quantitative estimate of drug-likeness (QED) is 0.599. The predicted octanol–water partition coefficient (Wildman–Crippen LogP) is 4.11. The number of nitrogens with zero attached hydrogens (tertiary/aromatic N) is 1. The summed E-state index contributed by atoms with van der Waals surface area (Å²) in [4.78, 5) is 2.47. The Balaban J connectivity index is 0.00000196. The summed E-state index contributed by atoms with van der Waals surface area (Å²) in [5.74, 6) is 1.02. The Morgan fingerprint density at radius 2 is 1.73 bits per heavy atom. The first kappa shape index (κ1) is 15.2. The van der Waals surface area contributed by atoms with Gasteiger partial charge in [-0.1, -0.05) is 45.4 Å². The van der Waals surface area contributed by atoms with E-state index in [4.69, 9.17) is 0 Å². The van der Waals surface area contributed by atoms with Gasteiger partial charge in [-0.3, -0.25) is 0 Å². The van der Waals surface area contributed by atoms with Crippen LogP contribution < -0.4 is 0 Å². The summed E-state index contributed by atoms with van der Waals surface area (Å²) in [6, 6.07) is 0. The molecule has 1 saturated heterocycles. The van der Waals surface area contributed by atoms with E-state index in [0.717, 1.165) is 5.92 Å². The number of hydrogen-bond donors (Lipinski definition) is 0. The van der Waals surface area contributed by atoms with Crippen molar-refractivity contribution in [2.45, 2.75) is 58.3 Å². The molecule has 92 valence electrons. The molecule has 2 heteroatoms. The second-order valence-corrected chi connectivity index (χ2v) is 4.97. The summed E-state index contributed by atoms with van der Waals surface area (Å²) in [5, 5.41) is 0. The molecule has 0 aromatic heterocycles. The molecule has 0 aliphatic carbocycles. The molecule has 15 heavy (non-hydrogen) atoms. The minimum atomic E-state index is 0. The Morgan fingerprint density at radius 3 is 2.33 bits per heavy atom. The van der Waals surface area contributed by atoms with Crippen molar-refractivity contribution < 1.29 is 0 Å². The zero-order chi connectivity index (χ0) is 10.2. The van der Waals surface area contributed by atoms with Crippen molar-refractivity contribution in [2.75, 3.05) is 20.1 Å². The lowest BCUT2D eigenvalue weighted by Crippen LogP contribution is -2.13. The Labute approximate surface area is 102 Å². The highest BCUT2D eigenvalue weighted by molar-refractivity contribution is 5.85. The van der Waals surface area contributed by atoms with Gasteiger partial charge in [0.15, 0.2) is 0 Å². The molecule has 0 radical (unpaired) electrons. The van der Waals surface area contributed by atoms with Crippen LogP contribution in [0.1, 0.15) is 58.3 Å². The van der Waals surface area contributed by atoms with E-state index in [0.29, 0.717) is 0 Å². The molecule has 1 aliphatic rings. The summed E-state index contributed by atoms with van der Waals surface area (Å²) in [6.45, 7) is 4.98. The van der Waals surface area contributed by atoms with Gasteiger partial charge in [0.05, 0.1) is 0 Å². The molecule has 0 N–H and O–H groups in total. The lowest BCUT2D eigenvalue weighted by atomic mass is 10.00. The van der Waals surface area contributed by atoms with Crippen molar-refractivity contribution in [1.82, 2.24) is 4.90 Å². The number of unbranched alkanes of at least 4 members (excludes halogenated alkanes) is 5. The summed E-state index contributed by atoms with van der Waals surface area (Å²) in [7, 11) is 2.25. The molecule has 1 rings (SSSR count). The number of rotatable bonds is 7. The Bertz CT molecular complexity index is 138. The van der Waals surface area contributed by atoms with Crippen LogP contribution in [-0.4, -0.2) is 25.0 Å². The van der Waals surface area contributed by atoms with Crippen molar-refractivity contribution in [2.24, 2.45) is 5.92 Å². The number of halogens is 1. The third-order valence-electron chi connectivity index (χ3n) is 3.45. The van der Waals surface area contributed by atoms with Gasteiger partial charge in [-0.05, 0) is 32.4 Å². The van der Waals surface area contributed by atoms with Gasteiger partial charge in [-0.15, -0.1) is 12.4 Å². The highest BCUT2D eigenvalue weighted by Gasteiger charge is 2.18. The Morgan fingerprint density at radius 1 is 1.07 bits per heavy atom. The van der Waals surface area contributed by atoms with Gasteiger partial charge in [0.25, 0.3) is 0 Å². The van der Waals surface area contributed by atoms with Crippen LogP contribution in [0.2, 0.25) is 0 Å². The zero-order valence-electron chi connectivity index (χ0n) is 10.5. The maximum atomic E-state index is 2.47. The standard InChI is InChI=1S/C13H27N.ClH/c1-3-4-5-6-7-8-9-13-10-11-14(2)12-13;/h13H,3-12H2,1-2H3;1H. The molecule has 1 unspecified atom stereocenters. The second kappa shape index (κ2) is 9.47. The summed E-state index contributed by atoms with van der Waals surface area (Å²) < 4.78 is 0. The lowest BCUT2D eigenvalue weighted by Gasteiger charge is -2.09. The van der Waals surface area contributed by atoms with Crippen LogP contribution in [0.25, 0.3) is 0 Å². The van der Waals surface area contributed by atoms with E-state index in [2.05, 4.69) is 18.9 Å². The lowest BCUT2D eigenvalue weighted by molar-refractivity contribution is 0.382. The molecule has 0 saturated carbocycles. The molecule has 1 nitrogen and oxygen atoms in total. The molecule has 1 fully saturated rings. The fraction of sp³-hybridized carbons (Fsp3) is 1.00. The zero-order valence-corrected chi connectivity index (χ0v) is 11.3. The van der Waals surface area contributed by atoms with E-state index < -0.39 is 0 Å². The van der Waals surface area contributed by atoms with Gasteiger partial charge in [0.2, 0.25) is 0 Å². The molecule has 0 amide bonds. The van der Waals surface area contributed by atoms with Gasteiger partial charge in [0.1, 0.15) is 0 Å². The third-order valence-corrected chi connectivity index (χ3v) is 3.45. The van der Waals surface area contributed by atoms with Crippen LogP contribution in [0.15, 0.2) is 0 Å². The summed E-state index contributed by atoms with van der Waals surface area (Å²) >= 11 is 0. The van der Waals surface area contributed by atoms with E-state index in [9.17, 15) is 0 Å². The maximum Gasteiger partial charge on any atom is 0.000708 e. The van der Waals surface area contributed by atoms with E-state index in [-0.39, 0.29) is 12.4 Å². The fourth-order valence-electron chi connectivity index (χ4n) is 2.48. The van der Waals surface area contributed by atoms with Crippen molar-refractivity contribution in [3.05, 3.63) is 0 Å². The molecular formula is C13H28ClN. The average molecular weight is 234 g/mol. The first-order valence-corrected chi connectivity index (χ1v) is 6.51. The molecule has 0 aromatic rings. The maximum absolute atomic E-state index is 2.47. The van der Waals surface area contributed by atoms with E-state index >= 15 is 0 Å². The van der Waals surface area contributed by atoms with Gasteiger partial charge in [0, 0.05) is 6.54 Å². The highest BCUT2D eigenvalue weighted by Crippen LogP contribution is 2.21. The van der Waals surface area contributed by atoms with E-state index in [1.54, 1.807) is 0 Å². The van der Waals surface area contributed by atoms with Crippen molar-refractivity contribution in [1.29, 1.82) is 0 Å². The topological polar surface area (TPSA) is 3.24 Å². The van der Waals surface area contributed by atoms with Crippen LogP contribution in [-0.2, 0) is 0 Å². The summed E-state index contributed by atoms with van der Waals surface area (Å²) in [5.41, 5.74) is 0. The van der Waals surface area contributed by atoms with E-state index in [1.165, 1.54) is 64.5 Å². The largest absolute Gasteiger partial charge is 0.306 e. The Kier molecular flexibility index (Phi) is 9.63. The first-order valence-electron chi connectivity index (χ1n) is 6.51. The van der Waals surface area contributed by atoms with Crippen LogP contribution in [0, 0.1) is 5.92 Å². The molecule has 1 aliphatic heterocycles. The average Bonchev–Trinajstić information content (AvgIpc) is 2.58. The van der Waals surface area contributed by atoms with Gasteiger partial charge < -0.3 is 4.90 Å². The SMILES string of the molecule is CCCCCCCCC1CCN(C)C1.Cl. The normalized spacial score (nSPS) is 21.6. The molecule has 1 atom stereocenters. The van der Waals surface area contributed by atoms with Crippen molar-refractivity contribution in [3.63, 3.8) is 0 Å². The highest BCUT2D eigenvalue weighted by atomic mass is 35.5. The van der Waals surface area contributed by atoms with Crippen LogP contribution in [0.5, 0.6) is 0 Å². The number of hydrogen-bond acceptors (Lipinski definition) is 1. The van der Waals surface area contributed by atoms with Gasteiger partial charge in [-0.2, -0.15) is 0 Å². The van der Waals surface area contributed by atoms with Crippen molar-refractivity contribution >= 4 is 12.4 Å². The van der Waals surface area contributed by atoms with Crippen LogP contribution in [0.3, 0.4) is 0 Å². The smallest absolute Gasteiger partial charge is 0.000708 e. The number of likely N-dealkylation sites (tertiary alicyclic amines) is 1. The minimum absolute atomic E-state index is 0.